The van der Waals surface area contributed by atoms with Gasteiger partial charge in [-0.3, -0.25) is 9.12 Å². The van der Waals surface area contributed by atoms with Gasteiger partial charge in [-0.15, -0.1) is 0 Å². The fourth-order valence-corrected chi connectivity index (χ4v) is 6.97. The van der Waals surface area contributed by atoms with Crippen LogP contribution in [-0.2, 0) is 10.0 Å². The summed E-state index contributed by atoms with van der Waals surface area (Å²) in [6.07, 6.45) is 2.78. The number of benzene rings is 3. The van der Waals surface area contributed by atoms with Crippen LogP contribution in [0.25, 0.3) is 15.7 Å². The highest BCUT2D eigenvalue weighted by Gasteiger charge is 2.22. The molecule has 0 atom stereocenters. The molecule has 0 bridgehead atoms. The van der Waals surface area contributed by atoms with Crippen molar-refractivity contribution in [3.63, 3.8) is 0 Å². The summed E-state index contributed by atoms with van der Waals surface area (Å²) in [7, 11) is -3.94. The lowest BCUT2D eigenvalue weighted by Gasteiger charge is -2.12. The van der Waals surface area contributed by atoms with E-state index in [-0.39, 0.29) is 10.7 Å². The Hall–Kier alpha value is -1.94. The lowest BCUT2D eigenvalue weighted by atomic mass is 10.1. The first kappa shape index (κ1) is 21.9. The Labute approximate surface area is 207 Å². The molecular weight excluding hydrogens is 529 g/mol. The third kappa shape index (κ3) is 4.19. The molecule has 2 heterocycles. The summed E-state index contributed by atoms with van der Waals surface area (Å²) in [6.45, 7) is 0. The van der Waals surface area contributed by atoms with Gasteiger partial charge in [0.15, 0.2) is 9.99 Å². The molecule has 0 aliphatic rings. The summed E-state index contributed by atoms with van der Waals surface area (Å²) >= 11 is 21.5. The summed E-state index contributed by atoms with van der Waals surface area (Å²) in [5, 5.41) is 2.89. The lowest BCUT2D eigenvalue weighted by Crippen LogP contribution is -2.14. The zero-order valence-electron chi connectivity index (χ0n) is 15.9. The average Bonchev–Trinajstić information content (AvgIpc) is 3.29. The number of hydrogen-bond donors (Lipinski definition) is 1. The molecule has 162 valence electrons. The Morgan fingerprint density at radius 1 is 0.969 bits per heavy atom. The predicted octanol–water partition coefficient (Wildman–Crippen LogP) is 7.46. The van der Waals surface area contributed by atoms with E-state index in [1.165, 1.54) is 52.0 Å². The number of nitrogens with one attached hydrogen (secondary N) is 1. The summed E-state index contributed by atoms with van der Waals surface area (Å²) in [6, 6.07) is 17.2. The molecule has 0 saturated carbocycles. The molecule has 0 aliphatic heterocycles. The SMILES string of the molecule is O=S(=O)(Nc1cc(Cl)c(Sc2ccc3ccccc3c2)c(Cl)c1)c1cnc2sc(Cl)cn12. The molecule has 5 rings (SSSR count). The Morgan fingerprint density at radius 3 is 2.44 bits per heavy atom. The van der Waals surface area contributed by atoms with E-state index < -0.39 is 10.0 Å². The van der Waals surface area contributed by atoms with Crippen LogP contribution in [0.2, 0.25) is 14.4 Å². The average molecular weight is 541 g/mol. The van der Waals surface area contributed by atoms with Gasteiger partial charge in [0.05, 0.1) is 21.9 Å². The van der Waals surface area contributed by atoms with Crippen molar-refractivity contribution in [1.29, 1.82) is 0 Å². The largest absolute Gasteiger partial charge is 0.279 e. The molecule has 2 aromatic heterocycles. The third-order valence-corrected chi connectivity index (χ3v) is 9.04. The number of halogens is 3. The minimum Gasteiger partial charge on any atom is -0.278 e. The maximum absolute atomic E-state index is 12.9. The van der Waals surface area contributed by atoms with Gasteiger partial charge in [-0.05, 0) is 35.0 Å². The van der Waals surface area contributed by atoms with E-state index in [2.05, 4.69) is 15.8 Å². The first-order valence-electron chi connectivity index (χ1n) is 9.11. The summed E-state index contributed by atoms with van der Waals surface area (Å²) in [5.74, 6) is 0. The molecule has 3 aromatic carbocycles. The normalized spacial score (nSPS) is 12.0. The van der Waals surface area contributed by atoms with E-state index in [0.717, 1.165) is 15.7 Å². The predicted molar refractivity (Wildman–Crippen MR) is 133 cm³/mol. The third-order valence-electron chi connectivity index (χ3n) is 4.62. The second kappa shape index (κ2) is 8.44. The van der Waals surface area contributed by atoms with E-state index in [9.17, 15) is 8.42 Å². The van der Waals surface area contributed by atoms with Crippen LogP contribution < -0.4 is 4.72 Å². The summed E-state index contributed by atoms with van der Waals surface area (Å²) in [4.78, 5) is 6.18. The maximum Gasteiger partial charge on any atom is 0.279 e. The molecule has 1 N–H and O–H groups in total. The van der Waals surface area contributed by atoms with E-state index in [0.29, 0.717) is 24.2 Å². The second-order valence-electron chi connectivity index (χ2n) is 6.77. The molecule has 0 spiro atoms. The zero-order chi connectivity index (χ0) is 22.5. The number of hydrogen-bond acceptors (Lipinski definition) is 5. The van der Waals surface area contributed by atoms with E-state index in [4.69, 9.17) is 34.8 Å². The number of imidazole rings is 1. The first-order valence-corrected chi connectivity index (χ1v) is 13.4. The van der Waals surface area contributed by atoms with Gasteiger partial charge in [-0.2, -0.15) is 8.42 Å². The van der Waals surface area contributed by atoms with Crippen molar-refractivity contribution in [3.05, 3.63) is 81.4 Å². The second-order valence-corrected chi connectivity index (χ2v) is 11.9. The molecular formula is C21H12Cl3N3O2S3. The van der Waals surface area contributed by atoms with Crippen LogP contribution >= 0.6 is 57.9 Å². The van der Waals surface area contributed by atoms with Crippen LogP contribution in [0.5, 0.6) is 0 Å². The first-order chi connectivity index (χ1) is 15.3. The Morgan fingerprint density at radius 2 is 1.69 bits per heavy atom. The van der Waals surface area contributed by atoms with Gasteiger partial charge >= 0.3 is 0 Å². The van der Waals surface area contributed by atoms with Gasteiger partial charge in [0.25, 0.3) is 10.0 Å². The molecule has 0 radical (unpaired) electrons. The van der Waals surface area contributed by atoms with Crippen LogP contribution in [0, 0.1) is 0 Å². The molecule has 0 saturated heterocycles. The number of sulfonamides is 1. The van der Waals surface area contributed by atoms with Crippen LogP contribution in [0.4, 0.5) is 5.69 Å². The van der Waals surface area contributed by atoms with Crippen LogP contribution in [-0.4, -0.2) is 17.8 Å². The van der Waals surface area contributed by atoms with Gasteiger partial charge in [0.2, 0.25) is 0 Å². The molecule has 11 heteroatoms. The fourth-order valence-electron chi connectivity index (χ4n) is 3.21. The van der Waals surface area contributed by atoms with Crippen molar-refractivity contribution < 1.29 is 8.42 Å². The van der Waals surface area contributed by atoms with Crippen molar-refractivity contribution in [2.45, 2.75) is 14.8 Å². The van der Waals surface area contributed by atoms with Gasteiger partial charge in [-0.1, -0.05) is 88.2 Å². The van der Waals surface area contributed by atoms with Gasteiger partial charge in [0, 0.05) is 16.0 Å². The monoisotopic (exact) mass is 539 g/mol. The maximum atomic E-state index is 12.9. The van der Waals surface area contributed by atoms with Crippen LogP contribution in [0.1, 0.15) is 0 Å². The smallest absolute Gasteiger partial charge is 0.278 e. The highest BCUT2D eigenvalue weighted by atomic mass is 35.5. The van der Waals surface area contributed by atoms with E-state index in [1.807, 2.05) is 36.4 Å². The number of rotatable bonds is 5. The van der Waals surface area contributed by atoms with Gasteiger partial charge in [-0.25, -0.2) is 4.98 Å². The Kier molecular flexibility index (Phi) is 5.77. The quantitative estimate of drug-likeness (QED) is 0.251. The van der Waals surface area contributed by atoms with Crippen LogP contribution in [0.15, 0.2) is 81.8 Å². The minimum absolute atomic E-state index is 0.0301. The zero-order valence-corrected chi connectivity index (χ0v) is 20.6. The molecule has 32 heavy (non-hydrogen) atoms. The topological polar surface area (TPSA) is 63.5 Å². The lowest BCUT2D eigenvalue weighted by molar-refractivity contribution is 0.596. The molecule has 0 fully saturated rings. The van der Waals surface area contributed by atoms with E-state index >= 15 is 0 Å². The Balaban J connectivity index is 1.44. The van der Waals surface area contributed by atoms with Crippen molar-refractivity contribution in [1.82, 2.24) is 9.38 Å². The standard InChI is InChI=1S/C21H12Cl3N3O2S3/c22-16-8-14(26-32(28,29)19-10-25-21-27(19)11-18(24)31-21)9-17(23)20(16)30-15-6-5-12-3-1-2-4-13(12)7-15/h1-11,26H. The number of thiazole rings is 1. The highest BCUT2D eigenvalue weighted by Crippen LogP contribution is 2.41. The van der Waals surface area contributed by atoms with Crippen LogP contribution in [0.3, 0.4) is 0 Å². The number of nitrogens with zero attached hydrogens (tertiary/aromatic N) is 2. The van der Waals surface area contributed by atoms with Crippen molar-refractivity contribution in [3.8, 4) is 0 Å². The van der Waals surface area contributed by atoms with Crippen molar-refractivity contribution >= 4 is 89.3 Å². The molecule has 5 nitrogen and oxygen atoms in total. The summed E-state index contributed by atoms with van der Waals surface area (Å²) < 4.78 is 30.2. The molecule has 5 aromatic rings. The summed E-state index contributed by atoms with van der Waals surface area (Å²) in [5.41, 5.74) is 0.249. The number of aromatic nitrogens is 2. The van der Waals surface area contributed by atoms with Crippen molar-refractivity contribution in [2.75, 3.05) is 4.72 Å². The van der Waals surface area contributed by atoms with Gasteiger partial charge in [0.1, 0.15) is 4.34 Å². The highest BCUT2D eigenvalue weighted by molar-refractivity contribution is 7.99. The van der Waals surface area contributed by atoms with Crippen molar-refractivity contribution in [2.24, 2.45) is 0 Å². The molecule has 0 aliphatic carbocycles. The molecule has 0 unspecified atom stereocenters. The van der Waals surface area contributed by atoms with E-state index in [1.54, 1.807) is 0 Å². The van der Waals surface area contributed by atoms with Gasteiger partial charge < -0.3 is 0 Å². The number of fused-ring (bicyclic) bond motifs is 2. The minimum atomic E-state index is -3.94. The fraction of sp³-hybridized carbons (Fsp3) is 0. The number of anilines is 1. The molecule has 0 amide bonds. The Bertz CT molecular complexity index is 1570.